The van der Waals surface area contributed by atoms with Crippen LogP contribution in [0.5, 0.6) is 5.75 Å². The van der Waals surface area contributed by atoms with E-state index in [2.05, 4.69) is 15.9 Å². The Balaban J connectivity index is 1.81. The van der Waals surface area contributed by atoms with Crippen LogP contribution in [0.15, 0.2) is 40.2 Å². The van der Waals surface area contributed by atoms with Crippen molar-refractivity contribution in [3.8, 4) is 5.75 Å². The summed E-state index contributed by atoms with van der Waals surface area (Å²) in [6.07, 6.45) is 1.28. The van der Waals surface area contributed by atoms with Crippen LogP contribution in [0.3, 0.4) is 0 Å². The van der Waals surface area contributed by atoms with Crippen molar-refractivity contribution in [1.82, 2.24) is 4.90 Å². The third-order valence-corrected chi connectivity index (χ3v) is 4.92. The van der Waals surface area contributed by atoms with Gasteiger partial charge in [-0.2, -0.15) is 0 Å². The van der Waals surface area contributed by atoms with Gasteiger partial charge in [0.2, 0.25) is 5.91 Å². The molecule has 0 aliphatic carbocycles. The van der Waals surface area contributed by atoms with Gasteiger partial charge in [-0.3, -0.25) is 4.79 Å². The number of rotatable bonds is 7. The molecule has 0 saturated carbocycles. The van der Waals surface area contributed by atoms with E-state index in [0.717, 1.165) is 21.5 Å². The van der Waals surface area contributed by atoms with Gasteiger partial charge in [-0.05, 0) is 59.1 Å². The number of nitrogens with zero attached hydrogens (tertiary/aromatic N) is 1. The molecule has 3 nitrogen and oxygen atoms in total. The summed E-state index contributed by atoms with van der Waals surface area (Å²) >= 11 is 5.11. The minimum absolute atomic E-state index is 0.165. The highest BCUT2D eigenvalue weighted by Gasteiger charge is 2.10. The van der Waals surface area contributed by atoms with E-state index in [0.29, 0.717) is 19.6 Å². The molecule has 0 N–H and O–H groups in total. The summed E-state index contributed by atoms with van der Waals surface area (Å²) in [5.41, 5.74) is 1.16. The second-order valence-electron chi connectivity index (χ2n) is 5.03. The van der Waals surface area contributed by atoms with Crippen molar-refractivity contribution in [1.29, 1.82) is 0 Å². The Morgan fingerprint density at radius 1 is 1.23 bits per heavy atom. The number of benzene rings is 1. The fourth-order valence-electron chi connectivity index (χ4n) is 2.12. The first-order valence-electron chi connectivity index (χ1n) is 7.28. The van der Waals surface area contributed by atoms with Crippen LogP contribution in [0, 0.1) is 0 Å². The SMILES string of the molecule is CCOc1ccc(CCC(=O)N(C)Cc2ccc(Br)s2)cc1. The first-order valence-corrected chi connectivity index (χ1v) is 8.89. The average molecular weight is 382 g/mol. The summed E-state index contributed by atoms with van der Waals surface area (Å²) in [6.45, 7) is 3.30. The molecule has 0 fully saturated rings. The highest BCUT2D eigenvalue weighted by atomic mass is 79.9. The van der Waals surface area contributed by atoms with E-state index < -0.39 is 0 Å². The highest BCUT2D eigenvalue weighted by molar-refractivity contribution is 9.11. The molecule has 2 rings (SSSR count). The molecular formula is C17H20BrNO2S. The van der Waals surface area contributed by atoms with Crippen LogP contribution in [-0.2, 0) is 17.8 Å². The van der Waals surface area contributed by atoms with Crippen molar-refractivity contribution in [2.45, 2.75) is 26.3 Å². The van der Waals surface area contributed by atoms with E-state index in [1.54, 1.807) is 16.2 Å². The van der Waals surface area contributed by atoms with Gasteiger partial charge in [-0.15, -0.1) is 11.3 Å². The Hall–Kier alpha value is -1.33. The zero-order valence-electron chi connectivity index (χ0n) is 12.8. The molecule has 0 atom stereocenters. The topological polar surface area (TPSA) is 29.5 Å². The standard InChI is InChI=1S/C17H20BrNO2S/c1-3-21-14-7-4-13(5-8-14)6-11-17(20)19(2)12-15-9-10-16(18)22-15/h4-5,7-10H,3,6,11-12H2,1-2H3. The number of aryl methyl sites for hydroxylation is 1. The smallest absolute Gasteiger partial charge is 0.222 e. The molecule has 0 aliphatic rings. The van der Waals surface area contributed by atoms with E-state index in [-0.39, 0.29) is 5.91 Å². The van der Waals surface area contributed by atoms with Crippen molar-refractivity contribution in [3.05, 3.63) is 50.6 Å². The zero-order chi connectivity index (χ0) is 15.9. The molecule has 0 spiro atoms. The van der Waals surface area contributed by atoms with Crippen molar-refractivity contribution in [2.75, 3.05) is 13.7 Å². The van der Waals surface area contributed by atoms with Gasteiger partial charge in [0.1, 0.15) is 5.75 Å². The van der Waals surface area contributed by atoms with Crippen LogP contribution >= 0.6 is 27.3 Å². The van der Waals surface area contributed by atoms with Crippen molar-refractivity contribution in [3.63, 3.8) is 0 Å². The normalized spacial score (nSPS) is 10.5. The minimum atomic E-state index is 0.165. The molecule has 1 aromatic carbocycles. The van der Waals surface area contributed by atoms with Gasteiger partial charge in [-0.25, -0.2) is 0 Å². The molecule has 0 saturated heterocycles. The quantitative estimate of drug-likeness (QED) is 0.706. The van der Waals surface area contributed by atoms with Crippen molar-refractivity contribution >= 4 is 33.2 Å². The number of amides is 1. The monoisotopic (exact) mass is 381 g/mol. The lowest BCUT2D eigenvalue weighted by Gasteiger charge is -2.16. The molecule has 0 radical (unpaired) electrons. The van der Waals surface area contributed by atoms with Crippen LogP contribution in [0.25, 0.3) is 0 Å². The van der Waals surface area contributed by atoms with E-state index in [9.17, 15) is 4.79 Å². The van der Waals surface area contributed by atoms with Crippen LogP contribution in [0.1, 0.15) is 23.8 Å². The maximum atomic E-state index is 12.2. The minimum Gasteiger partial charge on any atom is -0.494 e. The van der Waals surface area contributed by atoms with Gasteiger partial charge in [0.05, 0.1) is 16.9 Å². The summed E-state index contributed by atoms with van der Waals surface area (Å²) in [6, 6.07) is 12.0. The second kappa shape index (κ2) is 8.34. The van der Waals surface area contributed by atoms with E-state index in [1.165, 1.54) is 4.88 Å². The zero-order valence-corrected chi connectivity index (χ0v) is 15.2. The maximum absolute atomic E-state index is 12.2. The Bertz CT molecular complexity index is 609. The fourth-order valence-corrected chi connectivity index (χ4v) is 3.66. The Kier molecular flexibility index (Phi) is 6.46. The first kappa shape index (κ1) is 17.0. The predicted octanol–water partition coefficient (Wildman–Crippen LogP) is 4.50. The third kappa shape index (κ3) is 5.14. The average Bonchev–Trinajstić information content (AvgIpc) is 2.91. The number of halogens is 1. The number of carbonyl (C=O) groups is 1. The predicted molar refractivity (Wildman–Crippen MR) is 94.4 cm³/mol. The number of ether oxygens (including phenoxy) is 1. The van der Waals surface area contributed by atoms with Crippen LogP contribution < -0.4 is 4.74 Å². The van der Waals surface area contributed by atoms with Crippen molar-refractivity contribution in [2.24, 2.45) is 0 Å². The lowest BCUT2D eigenvalue weighted by atomic mass is 10.1. The number of hydrogen-bond donors (Lipinski definition) is 0. The third-order valence-electron chi connectivity index (χ3n) is 3.31. The summed E-state index contributed by atoms with van der Waals surface area (Å²) in [7, 11) is 1.86. The molecular weight excluding hydrogens is 362 g/mol. The molecule has 0 bridgehead atoms. The largest absolute Gasteiger partial charge is 0.494 e. The van der Waals surface area contributed by atoms with Crippen LogP contribution in [0.4, 0.5) is 0 Å². The number of carbonyl (C=O) groups excluding carboxylic acids is 1. The Morgan fingerprint density at radius 3 is 2.55 bits per heavy atom. The molecule has 118 valence electrons. The summed E-state index contributed by atoms with van der Waals surface area (Å²) in [4.78, 5) is 15.2. The van der Waals surface area contributed by atoms with E-state index in [4.69, 9.17) is 4.74 Å². The Labute approximate surface area is 144 Å². The number of thiophene rings is 1. The molecule has 1 aromatic heterocycles. The molecule has 1 heterocycles. The Morgan fingerprint density at radius 2 is 1.95 bits per heavy atom. The maximum Gasteiger partial charge on any atom is 0.222 e. The van der Waals surface area contributed by atoms with E-state index in [1.807, 2.05) is 50.4 Å². The highest BCUT2D eigenvalue weighted by Crippen LogP contribution is 2.23. The lowest BCUT2D eigenvalue weighted by molar-refractivity contribution is -0.130. The van der Waals surface area contributed by atoms with Gasteiger partial charge < -0.3 is 9.64 Å². The summed E-state index contributed by atoms with van der Waals surface area (Å²) < 4.78 is 6.51. The molecule has 0 unspecified atom stereocenters. The number of hydrogen-bond acceptors (Lipinski definition) is 3. The van der Waals surface area contributed by atoms with Gasteiger partial charge in [0.15, 0.2) is 0 Å². The lowest BCUT2D eigenvalue weighted by Crippen LogP contribution is -2.25. The van der Waals surface area contributed by atoms with Gasteiger partial charge in [0.25, 0.3) is 0 Å². The van der Waals surface area contributed by atoms with Gasteiger partial charge in [0, 0.05) is 18.3 Å². The van der Waals surface area contributed by atoms with Crippen molar-refractivity contribution < 1.29 is 9.53 Å². The summed E-state index contributed by atoms with van der Waals surface area (Å²) in [5.74, 6) is 1.04. The molecule has 2 aromatic rings. The fraction of sp³-hybridized carbons (Fsp3) is 0.353. The second-order valence-corrected chi connectivity index (χ2v) is 7.58. The molecule has 0 aliphatic heterocycles. The molecule has 5 heteroatoms. The molecule has 1 amide bonds. The molecule has 22 heavy (non-hydrogen) atoms. The van der Waals surface area contributed by atoms with Crippen LogP contribution in [0.2, 0.25) is 0 Å². The summed E-state index contributed by atoms with van der Waals surface area (Å²) in [5, 5.41) is 0. The van der Waals surface area contributed by atoms with Crippen LogP contribution in [-0.4, -0.2) is 24.5 Å². The first-order chi connectivity index (χ1) is 10.6. The van der Waals surface area contributed by atoms with E-state index >= 15 is 0 Å². The van der Waals surface area contributed by atoms with Gasteiger partial charge >= 0.3 is 0 Å². The van der Waals surface area contributed by atoms with Gasteiger partial charge in [-0.1, -0.05) is 12.1 Å².